The van der Waals surface area contributed by atoms with Crippen molar-refractivity contribution in [1.82, 2.24) is 5.32 Å². The summed E-state index contributed by atoms with van der Waals surface area (Å²) in [5.74, 6) is -0.595. The zero-order valence-electron chi connectivity index (χ0n) is 9.90. The Morgan fingerprint density at radius 1 is 1.47 bits per heavy atom. The van der Waals surface area contributed by atoms with Crippen LogP contribution in [0.1, 0.15) is 22.8 Å². The van der Waals surface area contributed by atoms with E-state index in [1.165, 1.54) is 19.1 Å². The van der Waals surface area contributed by atoms with Gasteiger partial charge in [0.1, 0.15) is 11.4 Å². The Balaban J connectivity index is 2.71. The SMILES string of the molecule is Cc1ccc(C(=O)NCC(C)(O)CO)c(O)c1. The van der Waals surface area contributed by atoms with Crippen molar-refractivity contribution < 1.29 is 20.1 Å². The van der Waals surface area contributed by atoms with Crippen molar-refractivity contribution in [2.45, 2.75) is 19.4 Å². The van der Waals surface area contributed by atoms with Gasteiger partial charge in [-0.2, -0.15) is 0 Å². The van der Waals surface area contributed by atoms with E-state index in [1.807, 2.05) is 0 Å². The lowest BCUT2D eigenvalue weighted by molar-refractivity contribution is 0.00318. The van der Waals surface area contributed by atoms with Gasteiger partial charge in [-0.1, -0.05) is 6.07 Å². The number of rotatable bonds is 4. The summed E-state index contributed by atoms with van der Waals surface area (Å²) in [4.78, 5) is 11.7. The quantitative estimate of drug-likeness (QED) is 0.603. The number of aryl methyl sites for hydroxylation is 1. The highest BCUT2D eigenvalue weighted by atomic mass is 16.3. The average Bonchev–Trinajstić information content (AvgIpc) is 2.26. The molecule has 1 amide bonds. The van der Waals surface area contributed by atoms with Crippen LogP contribution in [0.3, 0.4) is 0 Å². The van der Waals surface area contributed by atoms with Gasteiger partial charge in [-0.3, -0.25) is 4.79 Å². The van der Waals surface area contributed by atoms with Crippen LogP contribution in [0.2, 0.25) is 0 Å². The number of aliphatic hydroxyl groups is 2. The summed E-state index contributed by atoms with van der Waals surface area (Å²) in [6.07, 6.45) is 0. The second-order valence-electron chi connectivity index (χ2n) is 4.36. The summed E-state index contributed by atoms with van der Waals surface area (Å²) < 4.78 is 0. The number of phenolic OH excluding ortho intramolecular Hbond substituents is 1. The van der Waals surface area contributed by atoms with Crippen molar-refractivity contribution in [3.05, 3.63) is 29.3 Å². The van der Waals surface area contributed by atoms with Crippen molar-refractivity contribution in [2.75, 3.05) is 13.2 Å². The van der Waals surface area contributed by atoms with Crippen LogP contribution < -0.4 is 5.32 Å². The number of aromatic hydroxyl groups is 1. The predicted octanol–water partition coefficient (Wildman–Crippen LogP) is 0.174. The highest BCUT2D eigenvalue weighted by Gasteiger charge is 2.21. The number of carbonyl (C=O) groups is 1. The Morgan fingerprint density at radius 3 is 2.65 bits per heavy atom. The lowest BCUT2D eigenvalue weighted by atomic mass is 10.1. The number of carbonyl (C=O) groups excluding carboxylic acids is 1. The normalized spacial score (nSPS) is 14.1. The first-order valence-corrected chi connectivity index (χ1v) is 5.27. The maximum absolute atomic E-state index is 11.7. The third-order valence-electron chi connectivity index (χ3n) is 2.37. The molecule has 17 heavy (non-hydrogen) atoms. The minimum atomic E-state index is -1.37. The molecule has 0 aromatic heterocycles. The minimum absolute atomic E-state index is 0.0876. The fraction of sp³-hybridized carbons (Fsp3) is 0.417. The molecular formula is C12H17NO4. The third-order valence-corrected chi connectivity index (χ3v) is 2.37. The van der Waals surface area contributed by atoms with Crippen molar-refractivity contribution in [3.8, 4) is 5.75 Å². The van der Waals surface area contributed by atoms with Gasteiger partial charge in [-0.15, -0.1) is 0 Å². The lowest BCUT2D eigenvalue weighted by Crippen LogP contribution is -2.43. The number of nitrogens with one attached hydrogen (secondary N) is 1. The van der Waals surface area contributed by atoms with E-state index < -0.39 is 18.1 Å². The molecule has 0 aliphatic carbocycles. The zero-order chi connectivity index (χ0) is 13.1. The summed E-state index contributed by atoms with van der Waals surface area (Å²) in [6.45, 7) is 2.67. The van der Waals surface area contributed by atoms with Gasteiger partial charge in [0.05, 0.1) is 12.2 Å². The van der Waals surface area contributed by atoms with Crippen LogP contribution in [0.25, 0.3) is 0 Å². The highest BCUT2D eigenvalue weighted by Crippen LogP contribution is 2.18. The van der Waals surface area contributed by atoms with Crippen LogP contribution >= 0.6 is 0 Å². The van der Waals surface area contributed by atoms with Crippen LogP contribution in [0, 0.1) is 6.92 Å². The van der Waals surface area contributed by atoms with E-state index in [9.17, 15) is 15.0 Å². The first kappa shape index (κ1) is 13.5. The van der Waals surface area contributed by atoms with E-state index in [1.54, 1.807) is 13.0 Å². The fourth-order valence-electron chi connectivity index (χ4n) is 1.26. The number of benzene rings is 1. The molecule has 1 aromatic carbocycles. The zero-order valence-corrected chi connectivity index (χ0v) is 9.90. The molecule has 4 N–H and O–H groups in total. The average molecular weight is 239 g/mol. The van der Waals surface area contributed by atoms with Gasteiger partial charge in [0.25, 0.3) is 5.91 Å². The molecule has 0 radical (unpaired) electrons. The minimum Gasteiger partial charge on any atom is -0.507 e. The van der Waals surface area contributed by atoms with Crippen LogP contribution in [-0.2, 0) is 0 Å². The van der Waals surface area contributed by atoms with Crippen LogP contribution in [0.5, 0.6) is 5.75 Å². The van der Waals surface area contributed by atoms with E-state index in [-0.39, 0.29) is 17.9 Å². The molecule has 0 heterocycles. The van der Waals surface area contributed by atoms with Gasteiger partial charge < -0.3 is 20.6 Å². The van der Waals surface area contributed by atoms with E-state index in [4.69, 9.17) is 5.11 Å². The molecule has 1 unspecified atom stereocenters. The number of hydrogen-bond donors (Lipinski definition) is 4. The number of phenols is 1. The lowest BCUT2D eigenvalue weighted by Gasteiger charge is -2.20. The first-order chi connectivity index (χ1) is 7.85. The molecule has 5 nitrogen and oxygen atoms in total. The van der Waals surface area contributed by atoms with Gasteiger partial charge in [0.15, 0.2) is 0 Å². The molecule has 0 bridgehead atoms. The molecule has 0 aliphatic rings. The summed E-state index contributed by atoms with van der Waals surface area (Å²) in [7, 11) is 0. The maximum Gasteiger partial charge on any atom is 0.255 e. The number of hydrogen-bond acceptors (Lipinski definition) is 4. The second kappa shape index (κ2) is 5.16. The van der Waals surface area contributed by atoms with Gasteiger partial charge in [0, 0.05) is 6.54 Å². The maximum atomic E-state index is 11.7. The summed E-state index contributed by atoms with van der Waals surface area (Å²) >= 11 is 0. The van der Waals surface area contributed by atoms with Gasteiger partial charge in [0.2, 0.25) is 0 Å². The molecule has 1 rings (SSSR count). The Labute approximate surface area is 99.7 Å². The van der Waals surface area contributed by atoms with E-state index in [0.717, 1.165) is 5.56 Å². The van der Waals surface area contributed by atoms with Crippen LogP contribution in [-0.4, -0.2) is 40.0 Å². The molecular weight excluding hydrogens is 222 g/mol. The van der Waals surface area contributed by atoms with Gasteiger partial charge in [-0.05, 0) is 31.5 Å². The first-order valence-electron chi connectivity index (χ1n) is 5.27. The van der Waals surface area contributed by atoms with Gasteiger partial charge >= 0.3 is 0 Å². The second-order valence-corrected chi connectivity index (χ2v) is 4.36. The highest BCUT2D eigenvalue weighted by molar-refractivity contribution is 5.96. The smallest absolute Gasteiger partial charge is 0.255 e. The molecule has 0 spiro atoms. The molecule has 0 aliphatic heterocycles. The number of amides is 1. The summed E-state index contributed by atoms with van der Waals surface area (Å²) in [5, 5.41) is 30.3. The van der Waals surface area contributed by atoms with E-state index in [2.05, 4.69) is 5.32 Å². The van der Waals surface area contributed by atoms with Crippen molar-refractivity contribution in [3.63, 3.8) is 0 Å². The van der Waals surface area contributed by atoms with Crippen LogP contribution in [0.4, 0.5) is 0 Å². The molecule has 0 fully saturated rings. The molecule has 1 aromatic rings. The fourth-order valence-corrected chi connectivity index (χ4v) is 1.26. The Morgan fingerprint density at radius 2 is 2.12 bits per heavy atom. The number of aliphatic hydroxyl groups excluding tert-OH is 1. The Bertz CT molecular complexity index is 415. The third kappa shape index (κ3) is 3.72. The molecule has 94 valence electrons. The van der Waals surface area contributed by atoms with E-state index >= 15 is 0 Å². The van der Waals surface area contributed by atoms with Crippen molar-refractivity contribution in [1.29, 1.82) is 0 Å². The Hall–Kier alpha value is -1.59. The standard InChI is InChI=1S/C12H17NO4/c1-8-3-4-9(10(15)5-8)11(16)13-6-12(2,17)7-14/h3-5,14-15,17H,6-7H2,1-2H3,(H,13,16). The Kier molecular flexibility index (Phi) is 4.09. The summed E-state index contributed by atoms with van der Waals surface area (Å²) in [6, 6.07) is 4.70. The molecule has 5 heteroatoms. The van der Waals surface area contributed by atoms with Crippen molar-refractivity contribution in [2.24, 2.45) is 0 Å². The molecule has 0 saturated heterocycles. The van der Waals surface area contributed by atoms with Crippen molar-refractivity contribution >= 4 is 5.91 Å². The largest absolute Gasteiger partial charge is 0.507 e. The monoisotopic (exact) mass is 239 g/mol. The topological polar surface area (TPSA) is 89.8 Å². The van der Waals surface area contributed by atoms with Gasteiger partial charge in [-0.25, -0.2) is 0 Å². The molecule has 0 saturated carbocycles. The predicted molar refractivity (Wildman–Crippen MR) is 62.9 cm³/mol. The van der Waals surface area contributed by atoms with Crippen LogP contribution in [0.15, 0.2) is 18.2 Å². The summed E-state index contributed by atoms with van der Waals surface area (Å²) in [5.41, 5.74) is -0.374. The molecule has 1 atom stereocenters. The van der Waals surface area contributed by atoms with E-state index in [0.29, 0.717) is 0 Å².